The van der Waals surface area contributed by atoms with E-state index in [1.807, 2.05) is 6.92 Å². The van der Waals surface area contributed by atoms with E-state index in [9.17, 15) is 4.79 Å². The fourth-order valence-corrected chi connectivity index (χ4v) is 2.27. The fourth-order valence-electron chi connectivity index (χ4n) is 2.27. The van der Waals surface area contributed by atoms with Gasteiger partial charge in [0.25, 0.3) is 0 Å². The van der Waals surface area contributed by atoms with Gasteiger partial charge < -0.3 is 14.5 Å². The second-order valence-corrected chi connectivity index (χ2v) is 5.00. The topological polar surface area (TPSA) is 35.2 Å². The number of hydrogen-bond acceptors (Lipinski definition) is 2. The first-order chi connectivity index (χ1) is 7.63. The van der Waals surface area contributed by atoms with Crippen molar-refractivity contribution in [3.05, 3.63) is 0 Å². The van der Waals surface area contributed by atoms with E-state index in [0.29, 0.717) is 6.61 Å². The Labute approximate surface area is 98.5 Å². The van der Waals surface area contributed by atoms with Crippen LogP contribution in [0.25, 0.3) is 0 Å². The number of likely N-dealkylation sites (N-methyl/N-ethyl adjacent to an activating group) is 1. The molecule has 0 aromatic heterocycles. The zero-order valence-electron chi connectivity index (χ0n) is 10.8. The van der Waals surface area contributed by atoms with Gasteiger partial charge in [-0.05, 0) is 19.8 Å². The summed E-state index contributed by atoms with van der Waals surface area (Å²) in [5.74, 6) is 0.151. The van der Waals surface area contributed by atoms with E-state index in [1.54, 1.807) is 4.90 Å². The summed E-state index contributed by atoms with van der Waals surface area (Å²) in [5.41, 5.74) is 0. The number of quaternary nitrogens is 2. The van der Waals surface area contributed by atoms with Crippen molar-refractivity contribution in [1.29, 1.82) is 0 Å². The van der Waals surface area contributed by atoms with Crippen LogP contribution in [0.4, 0.5) is 0 Å². The molecule has 0 saturated carbocycles. The minimum Gasteiger partial charge on any atom is -0.466 e. The van der Waals surface area contributed by atoms with Gasteiger partial charge in [-0.25, -0.2) is 0 Å². The van der Waals surface area contributed by atoms with Crippen molar-refractivity contribution in [3.8, 4) is 0 Å². The van der Waals surface area contributed by atoms with Gasteiger partial charge in [0.15, 0.2) is 0 Å². The standard InChI is InChI=1S/C12H24N2O2/c1-4-16-12(15)11-6-5-7-14(10-11)9-8-13(2)3/h11H,4-10H2,1-3H3/p+2. The number of nitrogens with one attached hydrogen (secondary N) is 2. The molecule has 2 N–H and O–H groups in total. The Hall–Kier alpha value is -0.610. The lowest BCUT2D eigenvalue weighted by molar-refractivity contribution is -0.946. The van der Waals surface area contributed by atoms with Crippen LogP contribution in [0.15, 0.2) is 0 Å². The third kappa shape index (κ3) is 4.49. The number of carbonyl (C=O) groups excluding carboxylic acids is 1. The number of likely N-dealkylation sites (tertiary alicyclic amines) is 1. The van der Waals surface area contributed by atoms with E-state index in [1.165, 1.54) is 18.0 Å². The van der Waals surface area contributed by atoms with Crippen molar-refractivity contribution >= 4 is 5.97 Å². The van der Waals surface area contributed by atoms with Gasteiger partial charge in [-0.1, -0.05) is 0 Å². The molecule has 94 valence electrons. The molecule has 0 amide bonds. The molecule has 1 heterocycles. The van der Waals surface area contributed by atoms with E-state index in [4.69, 9.17) is 4.74 Å². The van der Waals surface area contributed by atoms with Crippen LogP contribution in [0.5, 0.6) is 0 Å². The summed E-state index contributed by atoms with van der Waals surface area (Å²) in [6.45, 7) is 6.89. The molecule has 0 bridgehead atoms. The summed E-state index contributed by atoms with van der Waals surface area (Å²) in [7, 11) is 4.35. The summed E-state index contributed by atoms with van der Waals surface area (Å²) < 4.78 is 5.10. The van der Waals surface area contributed by atoms with Gasteiger partial charge in [0.05, 0.1) is 33.8 Å². The summed E-state index contributed by atoms with van der Waals surface area (Å²) in [5, 5.41) is 0. The molecule has 1 aliphatic rings. The highest BCUT2D eigenvalue weighted by molar-refractivity contribution is 5.72. The predicted octanol–water partition coefficient (Wildman–Crippen LogP) is -2.01. The van der Waals surface area contributed by atoms with Gasteiger partial charge in [-0.3, -0.25) is 4.79 Å². The minimum atomic E-state index is 0.0110. The van der Waals surface area contributed by atoms with Crippen LogP contribution < -0.4 is 9.80 Å². The average molecular weight is 230 g/mol. The zero-order chi connectivity index (χ0) is 12.0. The lowest BCUT2D eigenvalue weighted by atomic mass is 9.98. The van der Waals surface area contributed by atoms with Gasteiger partial charge in [0.1, 0.15) is 19.0 Å². The molecule has 0 aliphatic carbocycles. The van der Waals surface area contributed by atoms with Crippen LogP contribution in [-0.2, 0) is 9.53 Å². The smallest absolute Gasteiger partial charge is 0.314 e. The number of hydrogen-bond donors (Lipinski definition) is 2. The van der Waals surface area contributed by atoms with Gasteiger partial charge in [-0.15, -0.1) is 0 Å². The highest BCUT2D eigenvalue weighted by atomic mass is 16.5. The molecular formula is C12H26N2O2+2. The molecule has 0 aromatic carbocycles. The van der Waals surface area contributed by atoms with Gasteiger partial charge in [-0.2, -0.15) is 0 Å². The van der Waals surface area contributed by atoms with Crippen LogP contribution in [-0.4, -0.2) is 52.9 Å². The molecule has 16 heavy (non-hydrogen) atoms. The van der Waals surface area contributed by atoms with E-state index in [-0.39, 0.29) is 11.9 Å². The minimum absolute atomic E-state index is 0.0110. The zero-order valence-corrected chi connectivity index (χ0v) is 10.8. The summed E-state index contributed by atoms with van der Waals surface area (Å²) in [6, 6.07) is 0. The normalized spacial score (nSPS) is 25.8. The molecule has 4 nitrogen and oxygen atoms in total. The maximum Gasteiger partial charge on any atom is 0.314 e. The lowest BCUT2D eigenvalue weighted by Gasteiger charge is -2.28. The molecule has 0 radical (unpaired) electrons. The lowest BCUT2D eigenvalue weighted by Crippen LogP contribution is -3.19. The van der Waals surface area contributed by atoms with Crippen molar-refractivity contribution in [2.75, 3.05) is 46.9 Å². The third-order valence-corrected chi connectivity index (χ3v) is 3.22. The van der Waals surface area contributed by atoms with E-state index in [2.05, 4.69) is 14.1 Å². The number of ether oxygens (including phenoxy) is 1. The maximum atomic E-state index is 11.6. The second-order valence-electron chi connectivity index (χ2n) is 5.00. The molecule has 1 fully saturated rings. The first-order valence-corrected chi connectivity index (χ1v) is 6.42. The molecule has 4 heteroatoms. The molecule has 1 saturated heterocycles. The highest BCUT2D eigenvalue weighted by Crippen LogP contribution is 2.09. The van der Waals surface area contributed by atoms with Crippen LogP contribution in [0.3, 0.4) is 0 Å². The molecule has 0 spiro atoms. The second kappa shape index (κ2) is 6.86. The molecule has 1 aliphatic heterocycles. The van der Waals surface area contributed by atoms with Crippen LogP contribution >= 0.6 is 0 Å². The summed E-state index contributed by atoms with van der Waals surface area (Å²) in [4.78, 5) is 14.7. The molecule has 2 atom stereocenters. The Bertz CT molecular complexity index is 219. The summed E-state index contributed by atoms with van der Waals surface area (Å²) >= 11 is 0. The number of esters is 1. The molecule has 0 aromatic rings. The first kappa shape index (κ1) is 13.5. The van der Waals surface area contributed by atoms with Crippen molar-refractivity contribution in [3.63, 3.8) is 0 Å². The molecular weight excluding hydrogens is 204 g/mol. The number of carbonyl (C=O) groups is 1. The van der Waals surface area contributed by atoms with Crippen molar-refractivity contribution < 1.29 is 19.3 Å². The fraction of sp³-hybridized carbons (Fsp3) is 0.917. The SMILES string of the molecule is CCOC(=O)C1CCC[NH+](CC[NH+](C)C)C1. The van der Waals surface area contributed by atoms with Crippen molar-refractivity contribution in [2.24, 2.45) is 5.92 Å². The number of rotatable bonds is 5. The number of piperidine rings is 1. The monoisotopic (exact) mass is 230 g/mol. The van der Waals surface area contributed by atoms with Gasteiger partial charge in [0.2, 0.25) is 0 Å². The Morgan fingerprint density at radius 2 is 2.25 bits per heavy atom. The first-order valence-electron chi connectivity index (χ1n) is 6.42. The van der Waals surface area contributed by atoms with E-state index in [0.717, 1.165) is 25.9 Å². The van der Waals surface area contributed by atoms with E-state index >= 15 is 0 Å². The van der Waals surface area contributed by atoms with E-state index < -0.39 is 0 Å². The van der Waals surface area contributed by atoms with Crippen molar-refractivity contribution in [2.45, 2.75) is 19.8 Å². The van der Waals surface area contributed by atoms with Gasteiger partial charge >= 0.3 is 5.97 Å². The quantitative estimate of drug-likeness (QED) is 0.535. The van der Waals surface area contributed by atoms with Crippen LogP contribution in [0.2, 0.25) is 0 Å². The third-order valence-electron chi connectivity index (χ3n) is 3.22. The summed E-state index contributed by atoms with van der Waals surface area (Å²) in [6.07, 6.45) is 2.17. The van der Waals surface area contributed by atoms with Crippen molar-refractivity contribution in [1.82, 2.24) is 0 Å². The predicted molar refractivity (Wildman–Crippen MR) is 62.6 cm³/mol. The Morgan fingerprint density at radius 1 is 1.50 bits per heavy atom. The Kier molecular flexibility index (Phi) is 5.77. The van der Waals surface area contributed by atoms with Crippen LogP contribution in [0, 0.1) is 5.92 Å². The molecule has 2 unspecified atom stereocenters. The van der Waals surface area contributed by atoms with Gasteiger partial charge in [0, 0.05) is 0 Å². The molecule has 1 rings (SSSR count). The average Bonchev–Trinajstić information content (AvgIpc) is 2.27. The maximum absolute atomic E-state index is 11.6. The highest BCUT2D eigenvalue weighted by Gasteiger charge is 2.29. The Balaban J connectivity index is 2.32. The van der Waals surface area contributed by atoms with Crippen LogP contribution in [0.1, 0.15) is 19.8 Å². The Morgan fingerprint density at radius 3 is 2.88 bits per heavy atom. The largest absolute Gasteiger partial charge is 0.466 e.